The first kappa shape index (κ1) is 7.62. The van der Waals surface area contributed by atoms with Crippen LogP contribution in [-0.4, -0.2) is 22.5 Å². The monoisotopic (exact) mass is 194 g/mol. The smallest absolute Gasteiger partial charge is 0.268 e. The van der Waals surface area contributed by atoms with Crippen molar-refractivity contribution >= 4 is 22.8 Å². The molecule has 3 aliphatic rings. The molecule has 0 spiro atoms. The normalized spacial score (nSPS) is 26.3. The molecule has 0 N–H and O–H groups in total. The Morgan fingerprint density at radius 3 is 3.08 bits per heavy atom. The summed E-state index contributed by atoms with van der Waals surface area (Å²) in [6.45, 7) is 0.487. The molecule has 2 heterocycles. The quantitative estimate of drug-likeness (QED) is 0.588. The van der Waals surface area contributed by atoms with Gasteiger partial charge in [0.2, 0.25) is 0 Å². The van der Waals surface area contributed by atoms with Crippen molar-refractivity contribution in [2.45, 2.75) is 25.7 Å². The third-order valence-corrected chi connectivity index (χ3v) is 3.85. The summed E-state index contributed by atoms with van der Waals surface area (Å²) in [7, 11) is 0. The molecule has 3 rings (SSSR count). The van der Waals surface area contributed by atoms with Crippen molar-refractivity contribution in [3.05, 3.63) is 10.6 Å². The lowest BCUT2D eigenvalue weighted by molar-refractivity contribution is -0.116. The van der Waals surface area contributed by atoms with E-state index in [0.717, 1.165) is 11.6 Å². The Balaban J connectivity index is 1.97. The third kappa shape index (κ3) is 1.05. The van der Waals surface area contributed by atoms with Crippen LogP contribution in [0.3, 0.4) is 0 Å². The zero-order chi connectivity index (χ0) is 8.84. The topological polar surface area (TPSA) is 32.7 Å². The van der Waals surface area contributed by atoms with Crippen LogP contribution in [0.1, 0.15) is 25.7 Å². The molecule has 3 nitrogen and oxygen atoms in total. The number of amidine groups is 1. The van der Waals surface area contributed by atoms with Gasteiger partial charge < -0.3 is 4.90 Å². The van der Waals surface area contributed by atoms with Crippen LogP contribution in [0.25, 0.3) is 0 Å². The van der Waals surface area contributed by atoms with Crippen LogP contribution in [0.2, 0.25) is 0 Å². The summed E-state index contributed by atoms with van der Waals surface area (Å²) in [6, 6.07) is 0. The summed E-state index contributed by atoms with van der Waals surface area (Å²) in [6.07, 6.45) is 4.87. The van der Waals surface area contributed by atoms with Gasteiger partial charge in [0.15, 0.2) is 5.17 Å². The zero-order valence-corrected chi connectivity index (χ0v) is 8.06. The van der Waals surface area contributed by atoms with Crippen molar-refractivity contribution in [2.75, 3.05) is 6.54 Å². The molecular formula is C9H10N2OS. The minimum atomic E-state index is 0.0135. The molecule has 1 amide bonds. The maximum Gasteiger partial charge on any atom is 0.268 e. The second-order valence-electron chi connectivity index (χ2n) is 3.55. The molecular weight excluding hydrogens is 184 g/mol. The Bertz CT molecular complexity index is 346. The summed E-state index contributed by atoms with van der Waals surface area (Å²) in [5, 5.41) is 0.928. The van der Waals surface area contributed by atoms with Gasteiger partial charge in [-0.25, -0.2) is 0 Å². The van der Waals surface area contributed by atoms with Crippen molar-refractivity contribution in [3.8, 4) is 0 Å². The van der Waals surface area contributed by atoms with Crippen LogP contribution in [0, 0.1) is 0 Å². The highest BCUT2D eigenvalue weighted by Crippen LogP contribution is 2.43. The van der Waals surface area contributed by atoms with Crippen molar-refractivity contribution < 1.29 is 4.79 Å². The van der Waals surface area contributed by atoms with Gasteiger partial charge in [-0.05, 0) is 25.7 Å². The summed E-state index contributed by atoms with van der Waals surface area (Å²) < 4.78 is 0. The van der Waals surface area contributed by atoms with E-state index in [9.17, 15) is 4.79 Å². The third-order valence-electron chi connectivity index (χ3n) is 2.67. The van der Waals surface area contributed by atoms with Gasteiger partial charge in [-0.1, -0.05) is 11.8 Å². The van der Waals surface area contributed by atoms with E-state index in [-0.39, 0.29) is 5.91 Å². The first-order chi connectivity index (χ1) is 6.34. The van der Waals surface area contributed by atoms with Crippen LogP contribution in [0.5, 0.6) is 0 Å². The molecule has 1 aliphatic carbocycles. The zero-order valence-electron chi connectivity index (χ0n) is 7.25. The van der Waals surface area contributed by atoms with Crippen LogP contribution in [-0.2, 0) is 4.79 Å². The van der Waals surface area contributed by atoms with Gasteiger partial charge in [-0.3, -0.25) is 4.79 Å². The highest BCUT2D eigenvalue weighted by molar-refractivity contribution is 8.17. The number of hydrogen-bond donors (Lipinski definition) is 0. The molecule has 68 valence electrons. The summed E-state index contributed by atoms with van der Waals surface area (Å²) >= 11 is 1.70. The molecule has 0 fully saturated rings. The van der Waals surface area contributed by atoms with Gasteiger partial charge in [0.25, 0.3) is 5.91 Å². The second-order valence-corrected chi connectivity index (χ2v) is 4.62. The van der Waals surface area contributed by atoms with E-state index >= 15 is 0 Å². The summed E-state index contributed by atoms with van der Waals surface area (Å²) in [4.78, 5) is 18.6. The van der Waals surface area contributed by atoms with Gasteiger partial charge in [0.1, 0.15) is 6.54 Å². The first-order valence-electron chi connectivity index (χ1n) is 4.63. The van der Waals surface area contributed by atoms with Gasteiger partial charge in [0, 0.05) is 10.6 Å². The fourth-order valence-corrected chi connectivity index (χ4v) is 3.29. The van der Waals surface area contributed by atoms with E-state index < -0.39 is 0 Å². The number of hydrogen-bond acceptors (Lipinski definition) is 3. The molecule has 0 atom stereocenters. The van der Waals surface area contributed by atoms with Crippen molar-refractivity contribution in [1.29, 1.82) is 0 Å². The fraction of sp³-hybridized carbons (Fsp3) is 0.556. The Hall–Kier alpha value is -0.770. The van der Waals surface area contributed by atoms with Gasteiger partial charge in [-0.2, -0.15) is 4.99 Å². The SMILES string of the molecule is O=C1CN2C(=N1)SC1=C2CCCC1. The van der Waals surface area contributed by atoms with Crippen LogP contribution < -0.4 is 0 Å². The number of rotatable bonds is 0. The number of carbonyl (C=O) groups excluding carboxylic acids is 1. The molecule has 0 aromatic carbocycles. The van der Waals surface area contributed by atoms with Crippen LogP contribution in [0.15, 0.2) is 15.6 Å². The number of carbonyl (C=O) groups is 1. The fourth-order valence-electron chi connectivity index (χ4n) is 2.06. The average molecular weight is 194 g/mol. The maximum absolute atomic E-state index is 11.1. The van der Waals surface area contributed by atoms with E-state index in [0.29, 0.717) is 6.54 Å². The lowest BCUT2D eigenvalue weighted by atomic mass is 10.0. The second kappa shape index (κ2) is 2.61. The lowest BCUT2D eigenvalue weighted by Crippen LogP contribution is -2.22. The summed E-state index contributed by atoms with van der Waals surface area (Å²) in [5.74, 6) is 0.0135. The van der Waals surface area contributed by atoms with Gasteiger partial charge >= 0.3 is 0 Å². The Morgan fingerprint density at radius 2 is 2.15 bits per heavy atom. The molecule has 0 saturated heterocycles. The molecule has 13 heavy (non-hydrogen) atoms. The molecule has 0 aromatic heterocycles. The molecule has 4 heteroatoms. The van der Waals surface area contributed by atoms with E-state index in [1.165, 1.54) is 29.9 Å². The molecule has 0 saturated carbocycles. The van der Waals surface area contributed by atoms with E-state index in [4.69, 9.17) is 0 Å². The van der Waals surface area contributed by atoms with Crippen LogP contribution in [0.4, 0.5) is 0 Å². The average Bonchev–Trinajstić information content (AvgIpc) is 2.60. The minimum Gasteiger partial charge on any atom is -0.314 e. The Labute approximate surface area is 80.9 Å². The van der Waals surface area contributed by atoms with E-state index in [1.807, 2.05) is 0 Å². The minimum absolute atomic E-state index is 0.0135. The number of thioether (sulfide) groups is 1. The number of nitrogens with zero attached hydrogens (tertiary/aromatic N) is 2. The Kier molecular flexibility index (Phi) is 1.53. The number of aliphatic imine (C=N–C) groups is 1. The number of allylic oxidation sites excluding steroid dienone is 2. The summed E-state index contributed by atoms with van der Waals surface area (Å²) in [5.41, 5.74) is 1.38. The van der Waals surface area contributed by atoms with E-state index in [2.05, 4.69) is 9.89 Å². The number of amides is 1. The lowest BCUT2D eigenvalue weighted by Gasteiger charge is -2.18. The standard InChI is InChI=1S/C9H10N2OS/c12-8-5-11-6-3-1-2-4-7(6)13-9(11)10-8/h1-5H2. The first-order valence-corrected chi connectivity index (χ1v) is 5.45. The van der Waals surface area contributed by atoms with Crippen molar-refractivity contribution in [3.63, 3.8) is 0 Å². The predicted octanol–water partition coefficient (Wildman–Crippen LogP) is 1.72. The van der Waals surface area contributed by atoms with Crippen LogP contribution >= 0.6 is 11.8 Å². The number of fused-ring (bicyclic) bond motifs is 2. The molecule has 0 unspecified atom stereocenters. The van der Waals surface area contributed by atoms with Gasteiger partial charge in [-0.15, -0.1) is 0 Å². The van der Waals surface area contributed by atoms with E-state index in [1.54, 1.807) is 11.8 Å². The predicted molar refractivity (Wildman–Crippen MR) is 52.2 cm³/mol. The Morgan fingerprint density at radius 1 is 1.31 bits per heavy atom. The van der Waals surface area contributed by atoms with Crippen molar-refractivity contribution in [1.82, 2.24) is 4.90 Å². The van der Waals surface area contributed by atoms with Crippen molar-refractivity contribution in [2.24, 2.45) is 4.99 Å². The highest BCUT2D eigenvalue weighted by atomic mass is 32.2. The molecule has 0 radical (unpaired) electrons. The molecule has 2 aliphatic heterocycles. The van der Waals surface area contributed by atoms with Gasteiger partial charge in [0.05, 0.1) is 0 Å². The highest BCUT2D eigenvalue weighted by Gasteiger charge is 2.35. The molecule has 0 aromatic rings. The largest absolute Gasteiger partial charge is 0.314 e. The maximum atomic E-state index is 11.1. The molecule has 0 bridgehead atoms.